The summed E-state index contributed by atoms with van der Waals surface area (Å²) in [5.74, 6) is 1.47. The molecule has 3 heterocycles. The third-order valence-electron chi connectivity index (χ3n) is 5.52. The molecule has 1 aromatic carbocycles. The Hall–Kier alpha value is -3.18. The van der Waals surface area contributed by atoms with Gasteiger partial charge in [0.2, 0.25) is 0 Å². The molecule has 1 atom stereocenters. The first-order valence-electron chi connectivity index (χ1n) is 11.0. The van der Waals surface area contributed by atoms with Gasteiger partial charge in [-0.1, -0.05) is 29.3 Å². The molecule has 0 saturated heterocycles. The Balaban J connectivity index is 1.50. The molecule has 9 nitrogen and oxygen atoms in total. The first-order chi connectivity index (χ1) is 17.2. The quantitative estimate of drug-likeness (QED) is 0.157. The topological polar surface area (TPSA) is 117 Å². The van der Waals surface area contributed by atoms with E-state index < -0.39 is 10.4 Å². The van der Waals surface area contributed by atoms with Crippen LogP contribution in [0.15, 0.2) is 59.8 Å². The third kappa shape index (κ3) is 5.79. The monoisotopic (exact) mass is 546 g/mol. The van der Waals surface area contributed by atoms with Crippen LogP contribution in [0.5, 0.6) is 0 Å². The zero-order valence-corrected chi connectivity index (χ0v) is 22.2. The van der Waals surface area contributed by atoms with Crippen LogP contribution in [-0.4, -0.2) is 37.4 Å². The number of hydrogen-bond donors (Lipinski definition) is 4. The number of hydrogen-bond acceptors (Lipinski definition) is 6. The molecule has 3 aromatic heterocycles. The minimum absolute atomic E-state index is 0.0718. The van der Waals surface area contributed by atoms with Crippen molar-refractivity contribution < 1.29 is 8.76 Å². The molecular formula is C24H26Cl2N7O2S+. The number of aromatic nitrogens is 4. The summed E-state index contributed by atoms with van der Waals surface area (Å²) in [5.41, 5.74) is 3.26. The first-order valence-corrected chi connectivity index (χ1v) is 13.3. The Labute approximate surface area is 220 Å². The molecule has 0 radical (unpaired) electrons. The fourth-order valence-electron chi connectivity index (χ4n) is 3.66. The average Bonchev–Trinajstić information content (AvgIpc) is 3.07. The van der Waals surface area contributed by atoms with Crippen molar-refractivity contribution in [3.63, 3.8) is 0 Å². The summed E-state index contributed by atoms with van der Waals surface area (Å²) >= 11 is 13.0. The van der Waals surface area contributed by atoms with Crippen LogP contribution in [0.3, 0.4) is 0 Å². The van der Waals surface area contributed by atoms with Crippen molar-refractivity contribution in [3.05, 3.63) is 76.3 Å². The summed E-state index contributed by atoms with van der Waals surface area (Å²) in [7, 11) is -2.05. The van der Waals surface area contributed by atoms with E-state index in [2.05, 4.69) is 30.4 Å². The van der Waals surface area contributed by atoms with E-state index in [0.29, 0.717) is 41.5 Å². The van der Waals surface area contributed by atoms with Crippen molar-refractivity contribution in [2.45, 2.75) is 18.7 Å². The van der Waals surface area contributed by atoms with Gasteiger partial charge >= 0.3 is 10.4 Å². The van der Waals surface area contributed by atoms with E-state index in [1.807, 2.05) is 30.3 Å². The van der Waals surface area contributed by atoms with Gasteiger partial charge in [0, 0.05) is 32.5 Å². The summed E-state index contributed by atoms with van der Waals surface area (Å²) in [5, 5.41) is 10.9. The van der Waals surface area contributed by atoms with E-state index in [-0.39, 0.29) is 14.9 Å². The minimum Gasteiger partial charge on any atom is -0.368 e. The van der Waals surface area contributed by atoms with Gasteiger partial charge in [0.05, 0.1) is 11.4 Å². The SMILES string of the molecule is Cc1nn(C)c(C)c1N[S+](=O)(O)c1c(Cl)cc(-c2ccnc(NCCNc3ccccn3)c2)cc1Cl. The Kier molecular flexibility index (Phi) is 7.79. The number of halogens is 2. The number of pyridine rings is 2. The zero-order valence-electron chi connectivity index (χ0n) is 19.9. The lowest BCUT2D eigenvalue weighted by Crippen LogP contribution is -2.22. The molecule has 0 spiro atoms. The average molecular weight is 547 g/mol. The van der Waals surface area contributed by atoms with Crippen LogP contribution < -0.4 is 15.4 Å². The maximum atomic E-state index is 13.3. The number of benzene rings is 1. The van der Waals surface area contributed by atoms with Crippen molar-refractivity contribution in [3.8, 4) is 11.1 Å². The largest absolute Gasteiger partial charge is 0.368 e. The second-order valence-corrected chi connectivity index (χ2v) is 10.5. The molecule has 1 unspecified atom stereocenters. The van der Waals surface area contributed by atoms with Gasteiger partial charge in [0.15, 0.2) is 0 Å². The lowest BCUT2D eigenvalue weighted by Gasteiger charge is -2.12. The van der Waals surface area contributed by atoms with Crippen molar-refractivity contribution in [1.29, 1.82) is 0 Å². The molecule has 0 fully saturated rings. The molecular weight excluding hydrogens is 521 g/mol. The van der Waals surface area contributed by atoms with Gasteiger partial charge < -0.3 is 10.6 Å². The number of nitrogens with one attached hydrogen (secondary N) is 3. The Morgan fingerprint density at radius 1 is 0.944 bits per heavy atom. The van der Waals surface area contributed by atoms with E-state index in [9.17, 15) is 8.76 Å². The van der Waals surface area contributed by atoms with E-state index in [4.69, 9.17) is 23.2 Å². The molecule has 4 N–H and O–H groups in total. The third-order valence-corrected chi connectivity index (χ3v) is 7.81. The minimum atomic E-state index is -3.81. The van der Waals surface area contributed by atoms with E-state index in [0.717, 1.165) is 11.4 Å². The summed E-state index contributed by atoms with van der Waals surface area (Å²) in [6, 6.07) is 12.6. The molecule has 188 valence electrons. The molecule has 0 aliphatic rings. The number of anilines is 3. The van der Waals surface area contributed by atoms with Crippen LogP contribution in [0.1, 0.15) is 11.4 Å². The lowest BCUT2D eigenvalue weighted by molar-refractivity contribution is 0.503. The lowest BCUT2D eigenvalue weighted by atomic mass is 10.1. The van der Waals surface area contributed by atoms with Crippen molar-refractivity contribution in [1.82, 2.24) is 19.7 Å². The number of aryl methyl sites for hydroxylation is 2. The standard InChI is InChI=1S/C24H25Cl2N7O2S/c1-15-23(16(2)33(3)31-15)32-36(34,35)24-19(25)12-18(13-20(24)26)17-7-9-28-22(14-17)30-11-10-29-21-6-4-5-8-27-21/h4-9,12-14H,10-11H2,1-3H3,(H3-,27,28,29,30,32,34,35)/p+1. The normalized spacial score (nSPS) is 12.7. The maximum absolute atomic E-state index is 13.3. The van der Waals surface area contributed by atoms with Crippen molar-refractivity contribution in [2.24, 2.45) is 7.05 Å². The predicted octanol–water partition coefficient (Wildman–Crippen LogP) is 5.68. The van der Waals surface area contributed by atoms with E-state index >= 15 is 0 Å². The smallest absolute Gasteiger partial charge is 0.349 e. The van der Waals surface area contributed by atoms with Crippen molar-refractivity contribution >= 4 is 50.9 Å². The Morgan fingerprint density at radius 3 is 2.22 bits per heavy atom. The molecule has 0 amide bonds. The fourth-order valence-corrected chi connectivity index (χ4v) is 6.09. The second-order valence-electron chi connectivity index (χ2n) is 8.06. The highest BCUT2D eigenvalue weighted by Crippen LogP contribution is 2.38. The van der Waals surface area contributed by atoms with Gasteiger partial charge in [-0.2, -0.15) is 14.4 Å². The summed E-state index contributed by atoms with van der Waals surface area (Å²) in [4.78, 5) is 8.50. The van der Waals surface area contributed by atoms with Crippen LogP contribution in [0, 0.1) is 13.8 Å². The van der Waals surface area contributed by atoms with Crippen LogP contribution in [0.25, 0.3) is 11.1 Å². The van der Waals surface area contributed by atoms with Crippen LogP contribution in [-0.2, 0) is 21.7 Å². The van der Waals surface area contributed by atoms with E-state index in [1.165, 1.54) is 0 Å². The predicted molar refractivity (Wildman–Crippen MR) is 146 cm³/mol. The van der Waals surface area contributed by atoms with Crippen LogP contribution in [0.2, 0.25) is 10.0 Å². The molecule has 0 bridgehead atoms. The molecule has 36 heavy (non-hydrogen) atoms. The van der Waals surface area contributed by atoms with Gasteiger partial charge in [0.25, 0.3) is 4.90 Å². The van der Waals surface area contributed by atoms with Gasteiger partial charge in [0.1, 0.15) is 27.4 Å². The van der Waals surface area contributed by atoms with Gasteiger partial charge in [-0.05, 0) is 65.6 Å². The number of rotatable bonds is 9. The van der Waals surface area contributed by atoms with Gasteiger partial charge in [-0.25, -0.2) is 9.97 Å². The zero-order chi connectivity index (χ0) is 25.9. The Bertz CT molecular complexity index is 1410. The molecule has 12 heteroatoms. The van der Waals surface area contributed by atoms with Crippen LogP contribution in [0.4, 0.5) is 17.3 Å². The van der Waals surface area contributed by atoms with Crippen molar-refractivity contribution in [2.75, 3.05) is 28.4 Å². The molecule has 4 aromatic rings. The highest BCUT2D eigenvalue weighted by atomic mass is 35.5. The van der Waals surface area contributed by atoms with Crippen LogP contribution >= 0.6 is 23.2 Å². The highest BCUT2D eigenvalue weighted by Gasteiger charge is 2.37. The van der Waals surface area contributed by atoms with Gasteiger partial charge in [-0.3, -0.25) is 4.68 Å². The number of nitrogens with zero attached hydrogens (tertiary/aromatic N) is 4. The fraction of sp³-hybridized carbons (Fsp3) is 0.208. The first kappa shape index (κ1) is 25.9. The van der Waals surface area contributed by atoms with E-state index in [1.54, 1.807) is 50.1 Å². The Morgan fingerprint density at radius 2 is 1.61 bits per heavy atom. The summed E-state index contributed by atoms with van der Waals surface area (Å²) in [6.07, 6.45) is 3.40. The van der Waals surface area contributed by atoms with Gasteiger partial charge in [-0.15, -0.1) is 0 Å². The molecule has 4 rings (SSSR count). The summed E-state index contributed by atoms with van der Waals surface area (Å²) in [6.45, 7) is 4.83. The maximum Gasteiger partial charge on any atom is 0.349 e. The second kappa shape index (κ2) is 10.8. The molecule has 0 aliphatic heterocycles. The summed E-state index contributed by atoms with van der Waals surface area (Å²) < 4.78 is 28.4. The molecule has 0 aliphatic carbocycles. The highest BCUT2D eigenvalue weighted by molar-refractivity contribution is 7.99. The molecule has 0 saturated carbocycles.